The summed E-state index contributed by atoms with van der Waals surface area (Å²) in [6.07, 6.45) is 5.22. The molecule has 0 heterocycles. The van der Waals surface area contributed by atoms with Crippen LogP contribution in [0.25, 0.3) is 0 Å². The minimum atomic E-state index is 0.512. The van der Waals surface area contributed by atoms with E-state index in [0.717, 1.165) is 22.9 Å². The van der Waals surface area contributed by atoms with E-state index in [4.69, 9.17) is 0 Å². The van der Waals surface area contributed by atoms with Gasteiger partial charge >= 0.3 is 0 Å². The molecule has 1 saturated carbocycles. The highest BCUT2D eigenvalue weighted by molar-refractivity contribution is 9.10. The van der Waals surface area contributed by atoms with Crippen LogP contribution in [0.3, 0.4) is 0 Å². The first-order chi connectivity index (χ1) is 8.19. The van der Waals surface area contributed by atoms with E-state index in [1.165, 1.54) is 24.8 Å². The van der Waals surface area contributed by atoms with Crippen molar-refractivity contribution in [1.29, 1.82) is 0 Å². The lowest BCUT2D eigenvalue weighted by Gasteiger charge is -2.22. The predicted octanol–water partition coefficient (Wildman–Crippen LogP) is 4.68. The number of hydrogen-bond acceptors (Lipinski definition) is 1. The SMILES string of the molecule is CCC(NC1CCC(C)C1)c1ccc(Br)cc1. The molecule has 1 aromatic rings. The molecular weight excluding hydrogens is 274 g/mol. The summed E-state index contributed by atoms with van der Waals surface area (Å²) in [5, 5.41) is 3.82. The molecule has 2 rings (SSSR count). The minimum absolute atomic E-state index is 0.512. The third kappa shape index (κ3) is 3.56. The van der Waals surface area contributed by atoms with Crippen LogP contribution in [-0.4, -0.2) is 6.04 Å². The van der Waals surface area contributed by atoms with E-state index in [1.54, 1.807) is 0 Å². The van der Waals surface area contributed by atoms with Gasteiger partial charge in [0.05, 0.1) is 0 Å². The Bertz CT molecular complexity index is 346. The monoisotopic (exact) mass is 295 g/mol. The molecular formula is C15H22BrN. The Labute approximate surface area is 113 Å². The van der Waals surface area contributed by atoms with Crippen LogP contribution >= 0.6 is 15.9 Å². The summed E-state index contributed by atoms with van der Waals surface area (Å²) >= 11 is 3.49. The van der Waals surface area contributed by atoms with E-state index in [1.807, 2.05) is 0 Å². The topological polar surface area (TPSA) is 12.0 Å². The molecule has 3 atom stereocenters. The van der Waals surface area contributed by atoms with Gasteiger partial charge in [-0.25, -0.2) is 0 Å². The first kappa shape index (κ1) is 13.1. The molecule has 1 aliphatic rings. The van der Waals surface area contributed by atoms with Crippen LogP contribution in [0.2, 0.25) is 0 Å². The molecule has 94 valence electrons. The summed E-state index contributed by atoms with van der Waals surface area (Å²) in [5.41, 5.74) is 1.41. The molecule has 1 fully saturated rings. The summed E-state index contributed by atoms with van der Waals surface area (Å²) in [4.78, 5) is 0. The Morgan fingerprint density at radius 1 is 1.29 bits per heavy atom. The van der Waals surface area contributed by atoms with Crippen LogP contribution in [0.1, 0.15) is 51.1 Å². The van der Waals surface area contributed by atoms with E-state index in [0.29, 0.717) is 6.04 Å². The number of halogens is 1. The molecule has 1 N–H and O–H groups in total. The largest absolute Gasteiger partial charge is 0.307 e. The van der Waals surface area contributed by atoms with Gasteiger partial charge in [-0.15, -0.1) is 0 Å². The van der Waals surface area contributed by atoms with Crippen LogP contribution in [0.15, 0.2) is 28.7 Å². The molecule has 0 radical (unpaired) electrons. The quantitative estimate of drug-likeness (QED) is 0.850. The zero-order chi connectivity index (χ0) is 12.3. The summed E-state index contributed by atoms with van der Waals surface area (Å²) in [5.74, 6) is 0.898. The molecule has 0 aromatic heterocycles. The van der Waals surface area contributed by atoms with Crippen LogP contribution < -0.4 is 5.32 Å². The van der Waals surface area contributed by atoms with Gasteiger partial charge in [0, 0.05) is 16.6 Å². The van der Waals surface area contributed by atoms with Crippen LogP contribution in [-0.2, 0) is 0 Å². The smallest absolute Gasteiger partial charge is 0.0320 e. The minimum Gasteiger partial charge on any atom is -0.307 e. The van der Waals surface area contributed by atoms with E-state index in [9.17, 15) is 0 Å². The fraction of sp³-hybridized carbons (Fsp3) is 0.600. The second-order valence-electron chi connectivity index (χ2n) is 5.29. The Kier molecular flexibility index (Phi) is 4.63. The Hall–Kier alpha value is -0.340. The fourth-order valence-electron chi connectivity index (χ4n) is 2.79. The number of rotatable bonds is 4. The van der Waals surface area contributed by atoms with Gasteiger partial charge in [-0.2, -0.15) is 0 Å². The highest BCUT2D eigenvalue weighted by atomic mass is 79.9. The van der Waals surface area contributed by atoms with Crippen molar-refractivity contribution in [2.24, 2.45) is 5.92 Å². The molecule has 2 heteroatoms. The molecule has 0 aliphatic heterocycles. The van der Waals surface area contributed by atoms with Crippen molar-refractivity contribution in [2.75, 3.05) is 0 Å². The fourth-order valence-corrected chi connectivity index (χ4v) is 3.05. The maximum atomic E-state index is 3.82. The maximum absolute atomic E-state index is 3.82. The van der Waals surface area contributed by atoms with Crippen molar-refractivity contribution >= 4 is 15.9 Å². The van der Waals surface area contributed by atoms with Crippen molar-refractivity contribution in [3.05, 3.63) is 34.3 Å². The van der Waals surface area contributed by atoms with Gasteiger partial charge in [-0.05, 0) is 49.3 Å². The normalized spacial score (nSPS) is 26.1. The summed E-state index contributed by atoms with van der Waals surface area (Å²) < 4.78 is 1.16. The lowest BCUT2D eigenvalue weighted by Crippen LogP contribution is -2.30. The average molecular weight is 296 g/mol. The Balaban J connectivity index is 1.98. The maximum Gasteiger partial charge on any atom is 0.0320 e. The second-order valence-corrected chi connectivity index (χ2v) is 6.21. The van der Waals surface area contributed by atoms with E-state index in [2.05, 4.69) is 59.4 Å². The van der Waals surface area contributed by atoms with Gasteiger partial charge in [0.15, 0.2) is 0 Å². The van der Waals surface area contributed by atoms with Gasteiger partial charge in [0.25, 0.3) is 0 Å². The lowest BCUT2D eigenvalue weighted by molar-refractivity contribution is 0.421. The molecule has 1 aliphatic carbocycles. The number of hydrogen-bond donors (Lipinski definition) is 1. The molecule has 17 heavy (non-hydrogen) atoms. The Morgan fingerprint density at radius 2 is 2.00 bits per heavy atom. The Morgan fingerprint density at radius 3 is 2.53 bits per heavy atom. The summed E-state index contributed by atoms with van der Waals surface area (Å²) in [7, 11) is 0. The van der Waals surface area contributed by atoms with Crippen molar-refractivity contribution in [1.82, 2.24) is 5.32 Å². The van der Waals surface area contributed by atoms with Crippen molar-refractivity contribution < 1.29 is 0 Å². The second kappa shape index (κ2) is 6.01. The standard InChI is InChI=1S/C15H22BrN/c1-3-15(12-5-7-13(16)8-6-12)17-14-9-4-11(2)10-14/h5-8,11,14-15,17H,3-4,9-10H2,1-2H3. The molecule has 1 nitrogen and oxygen atoms in total. The number of nitrogens with one attached hydrogen (secondary N) is 1. The zero-order valence-corrected chi connectivity index (χ0v) is 12.3. The van der Waals surface area contributed by atoms with Crippen LogP contribution in [0.4, 0.5) is 0 Å². The third-order valence-electron chi connectivity index (χ3n) is 3.81. The highest BCUT2D eigenvalue weighted by Gasteiger charge is 2.23. The third-order valence-corrected chi connectivity index (χ3v) is 4.34. The average Bonchev–Trinajstić information content (AvgIpc) is 2.73. The molecule has 0 bridgehead atoms. The van der Waals surface area contributed by atoms with Crippen LogP contribution in [0.5, 0.6) is 0 Å². The zero-order valence-electron chi connectivity index (χ0n) is 10.7. The highest BCUT2D eigenvalue weighted by Crippen LogP contribution is 2.28. The number of benzene rings is 1. The molecule has 0 amide bonds. The van der Waals surface area contributed by atoms with Gasteiger partial charge < -0.3 is 5.32 Å². The lowest BCUT2D eigenvalue weighted by atomic mass is 10.0. The van der Waals surface area contributed by atoms with Crippen molar-refractivity contribution in [2.45, 2.75) is 51.6 Å². The van der Waals surface area contributed by atoms with Gasteiger partial charge in [0.1, 0.15) is 0 Å². The van der Waals surface area contributed by atoms with E-state index >= 15 is 0 Å². The first-order valence-electron chi connectivity index (χ1n) is 6.70. The van der Waals surface area contributed by atoms with E-state index < -0.39 is 0 Å². The van der Waals surface area contributed by atoms with Gasteiger partial charge in [0.2, 0.25) is 0 Å². The van der Waals surface area contributed by atoms with Crippen LogP contribution in [0, 0.1) is 5.92 Å². The summed E-state index contributed by atoms with van der Waals surface area (Å²) in [6.45, 7) is 4.63. The van der Waals surface area contributed by atoms with Gasteiger partial charge in [-0.3, -0.25) is 0 Å². The molecule has 3 unspecified atom stereocenters. The summed E-state index contributed by atoms with van der Waals surface area (Å²) in [6, 6.07) is 9.96. The van der Waals surface area contributed by atoms with Crippen molar-refractivity contribution in [3.63, 3.8) is 0 Å². The van der Waals surface area contributed by atoms with Crippen molar-refractivity contribution in [3.8, 4) is 0 Å². The molecule has 0 spiro atoms. The predicted molar refractivity (Wildman–Crippen MR) is 77.1 cm³/mol. The molecule has 0 saturated heterocycles. The molecule has 1 aromatic carbocycles. The van der Waals surface area contributed by atoms with Gasteiger partial charge in [-0.1, -0.05) is 41.9 Å². The first-order valence-corrected chi connectivity index (χ1v) is 7.50. The van der Waals surface area contributed by atoms with E-state index in [-0.39, 0.29) is 0 Å².